The van der Waals surface area contributed by atoms with Crippen LogP contribution in [-0.2, 0) is 15.6 Å². The van der Waals surface area contributed by atoms with Crippen molar-refractivity contribution in [2.24, 2.45) is 0 Å². The van der Waals surface area contributed by atoms with Gasteiger partial charge in [0, 0.05) is 34.4 Å². The van der Waals surface area contributed by atoms with Crippen molar-refractivity contribution in [1.82, 2.24) is 10.6 Å². The van der Waals surface area contributed by atoms with Gasteiger partial charge in [-0.25, -0.2) is 0 Å². The molecule has 0 saturated carbocycles. The van der Waals surface area contributed by atoms with Gasteiger partial charge < -0.3 is 10.6 Å². The Morgan fingerprint density at radius 3 is 2.38 bits per heavy atom. The zero-order valence-corrected chi connectivity index (χ0v) is 11.7. The van der Waals surface area contributed by atoms with Crippen molar-refractivity contribution in [1.29, 1.82) is 0 Å². The summed E-state index contributed by atoms with van der Waals surface area (Å²) in [5.41, 5.74) is -0.0461. The summed E-state index contributed by atoms with van der Waals surface area (Å²) in [4.78, 5) is 11.4. The third kappa shape index (κ3) is 8.85. The molecule has 0 rings (SSSR count). The molecule has 0 saturated heterocycles. The smallest absolute Gasteiger partial charge is 0.233 e. The zero-order valence-electron chi connectivity index (χ0n) is 10.9. The quantitative estimate of drug-likeness (QED) is 0.725. The largest absolute Gasteiger partial charge is 0.355 e. The first-order chi connectivity index (χ1) is 7.22. The highest BCUT2D eigenvalue weighted by atomic mass is 32.2. The van der Waals surface area contributed by atoms with Crippen LogP contribution in [0.4, 0.5) is 0 Å². The maximum Gasteiger partial charge on any atom is 0.233 e. The second-order valence-electron chi connectivity index (χ2n) is 5.05. The first-order valence-electron chi connectivity index (χ1n) is 5.56. The maximum absolute atomic E-state index is 11.4. The molecule has 0 fully saturated rings. The number of nitrogens with one attached hydrogen (secondary N) is 2. The molecule has 0 aromatic heterocycles. The van der Waals surface area contributed by atoms with Crippen LogP contribution in [0.25, 0.3) is 0 Å². The molecule has 0 aliphatic heterocycles. The Balaban J connectivity index is 3.63. The number of carbonyl (C=O) groups is 1. The fourth-order valence-electron chi connectivity index (χ4n) is 0.989. The van der Waals surface area contributed by atoms with Crippen LogP contribution >= 0.6 is 0 Å². The molecule has 1 amide bonds. The van der Waals surface area contributed by atoms with Crippen LogP contribution in [0.1, 0.15) is 34.1 Å². The molecule has 2 N–H and O–H groups in total. The van der Waals surface area contributed by atoms with Gasteiger partial charge in [0.1, 0.15) is 0 Å². The van der Waals surface area contributed by atoms with E-state index in [1.165, 1.54) is 0 Å². The molecule has 2 atom stereocenters. The molecule has 0 aliphatic rings. The summed E-state index contributed by atoms with van der Waals surface area (Å²) in [5, 5.41) is 6.05. The minimum absolute atomic E-state index is 0.0102. The van der Waals surface area contributed by atoms with E-state index in [9.17, 15) is 9.00 Å². The minimum Gasteiger partial charge on any atom is -0.355 e. The summed E-state index contributed by atoms with van der Waals surface area (Å²) < 4.78 is 11.1. The van der Waals surface area contributed by atoms with Gasteiger partial charge in [-0.2, -0.15) is 0 Å². The summed E-state index contributed by atoms with van der Waals surface area (Å²) in [5.74, 6) is -0.0102. The lowest BCUT2D eigenvalue weighted by atomic mass is 10.1. The molecule has 16 heavy (non-hydrogen) atoms. The lowest BCUT2D eigenvalue weighted by Crippen LogP contribution is -2.43. The van der Waals surface area contributed by atoms with Crippen molar-refractivity contribution in [3.05, 3.63) is 0 Å². The van der Waals surface area contributed by atoms with E-state index in [1.807, 2.05) is 27.7 Å². The number of hydrogen-bond donors (Lipinski definition) is 2. The normalized spacial score (nSPS) is 15.6. The number of hydrogen-bond acceptors (Lipinski definition) is 3. The van der Waals surface area contributed by atoms with E-state index in [0.717, 1.165) is 6.42 Å². The molecule has 0 bridgehead atoms. The maximum atomic E-state index is 11.4. The molecular formula is C11H24N2O2S. The molecule has 4 nitrogen and oxygen atoms in total. The highest BCUT2D eigenvalue weighted by Gasteiger charge is 2.11. The molecule has 2 unspecified atom stereocenters. The topological polar surface area (TPSA) is 58.2 Å². The van der Waals surface area contributed by atoms with E-state index in [4.69, 9.17) is 0 Å². The third-order valence-corrected chi connectivity index (χ3v) is 3.59. The fraction of sp³-hybridized carbons (Fsp3) is 0.909. The summed E-state index contributed by atoms with van der Waals surface area (Å²) in [6, 6.07) is 0. The van der Waals surface area contributed by atoms with Crippen LogP contribution < -0.4 is 10.6 Å². The Morgan fingerprint density at radius 1 is 1.38 bits per heavy atom. The number of carbonyl (C=O) groups excluding carboxylic acids is 1. The minimum atomic E-state index is -0.810. The van der Waals surface area contributed by atoms with Crippen LogP contribution in [0.3, 0.4) is 0 Å². The van der Waals surface area contributed by atoms with Crippen LogP contribution in [-0.4, -0.2) is 40.3 Å². The molecular weight excluding hydrogens is 224 g/mol. The van der Waals surface area contributed by atoms with Gasteiger partial charge in [0.2, 0.25) is 5.91 Å². The number of rotatable bonds is 6. The van der Waals surface area contributed by atoms with Crippen LogP contribution in [0.5, 0.6) is 0 Å². The fourth-order valence-corrected chi connectivity index (χ4v) is 1.44. The first-order valence-corrected chi connectivity index (χ1v) is 7.18. The molecule has 0 radical (unpaired) electrons. The summed E-state index contributed by atoms with van der Waals surface area (Å²) >= 11 is 0. The summed E-state index contributed by atoms with van der Waals surface area (Å²) in [6.45, 7) is 8.89. The van der Waals surface area contributed by atoms with Gasteiger partial charge in [-0.05, 0) is 27.2 Å². The molecule has 5 heteroatoms. The Hall–Kier alpha value is -0.420. The standard InChI is InChI=1S/C11H24N2O2S/c1-9(16(5)15)6-7-12-10(14)8-13-11(2,3)4/h9,13H,6-8H2,1-5H3,(H,12,14). The van der Waals surface area contributed by atoms with Gasteiger partial charge >= 0.3 is 0 Å². The van der Waals surface area contributed by atoms with Crippen molar-refractivity contribution in [3.8, 4) is 0 Å². The average molecular weight is 248 g/mol. The lowest BCUT2D eigenvalue weighted by molar-refractivity contribution is -0.120. The molecule has 0 heterocycles. The predicted octanol–water partition coefficient (Wildman–Crippen LogP) is 0.648. The van der Waals surface area contributed by atoms with E-state index in [2.05, 4.69) is 10.6 Å². The second-order valence-corrected chi connectivity index (χ2v) is 6.85. The highest BCUT2D eigenvalue weighted by Crippen LogP contribution is 1.98. The predicted molar refractivity (Wildman–Crippen MR) is 68.9 cm³/mol. The highest BCUT2D eigenvalue weighted by molar-refractivity contribution is 7.84. The summed E-state index contributed by atoms with van der Waals surface area (Å²) in [6.07, 6.45) is 2.44. The molecule has 0 aromatic carbocycles. The number of amides is 1. The van der Waals surface area contributed by atoms with Gasteiger partial charge in [0.25, 0.3) is 0 Å². The van der Waals surface area contributed by atoms with Gasteiger partial charge in [0.15, 0.2) is 0 Å². The van der Waals surface area contributed by atoms with Crippen LogP contribution in [0, 0.1) is 0 Å². The second kappa shape index (κ2) is 7.01. The van der Waals surface area contributed by atoms with E-state index >= 15 is 0 Å². The van der Waals surface area contributed by atoms with Crippen molar-refractivity contribution in [2.45, 2.75) is 44.9 Å². The summed E-state index contributed by atoms with van der Waals surface area (Å²) in [7, 11) is -0.810. The zero-order chi connectivity index (χ0) is 12.8. The average Bonchev–Trinajstić information content (AvgIpc) is 2.13. The third-order valence-electron chi connectivity index (χ3n) is 2.22. The van der Waals surface area contributed by atoms with E-state index in [-0.39, 0.29) is 16.7 Å². The van der Waals surface area contributed by atoms with E-state index in [1.54, 1.807) is 6.26 Å². The molecule has 0 aromatic rings. The van der Waals surface area contributed by atoms with Crippen molar-refractivity contribution < 1.29 is 9.00 Å². The van der Waals surface area contributed by atoms with Crippen LogP contribution in [0.15, 0.2) is 0 Å². The van der Waals surface area contributed by atoms with Gasteiger partial charge in [-0.1, -0.05) is 6.92 Å². The van der Waals surface area contributed by atoms with Crippen molar-refractivity contribution in [3.63, 3.8) is 0 Å². The lowest BCUT2D eigenvalue weighted by Gasteiger charge is -2.20. The Bertz CT molecular complexity index is 249. The molecule has 96 valence electrons. The van der Waals surface area contributed by atoms with Crippen molar-refractivity contribution >= 4 is 16.7 Å². The van der Waals surface area contributed by atoms with Gasteiger partial charge in [-0.15, -0.1) is 0 Å². The monoisotopic (exact) mass is 248 g/mol. The molecule has 0 spiro atoms. The Labute approximate surface area is 101 Å². The van der Waals surface area contributed by atoms with Gasteiger partial charge in [-0.3, -0.25) is 9.00 Å². The molecule has 0 aliphatic carbocycles. The Morgan fingerprint density at radius 2 is 1.94 bits per heavy atom. The SMILES string of the molecule is CC(CCNC(=O)CNC(C)(C)C)S(C)=O. The van der Waals surface area contributed by atoms with E-state index in [0.29, 0.717) is 13.1 Å². The Kier molecular flexibility index (Phi) is 6.83. The van der Waals surface area contributed by atoms with E-state index < -0.39 is 10.8 Å². The van der Waals surface area contributed by atoms with Crippen LogP contribution in [0.2, 0.25) is 0 Å². The first kappa shape index (κ1) is 15.6. The van der Waals surface area contributed by atoms with Gasteiger partial charge in [0.05, 0.1) is 6.54 Å². The van der Waals surface area contributed by atoms with Crippen molar-refractivity contribution in [2.75, 3.05) is 19.3 Å².